The third-order valence-electron chi connectivity index (χ3n) is 7.93. The molecule has 0 spiro atoms. The number of benzene rings is 1. The lowest BCUT2D eigenvalue weighted by Gasteiger charge is -2.38. The highest BCUT2D eigenvalue weighted by Gasteiger charge is 2.61. The predicted molar refractivity (Wildman–Crippen MR) is 129 cm³/mol. The predicted octanol–water partition coefficient (Wildman–Crippen LogP) is -0.839. The van der Waals surface area contributed by atoms with Gasteiger partial charge >= 0.3 is 11.4 Å². The number of fused-ring (bicyclic) bond motifs is 4. The van der Waals surface area contributed by atoms with E-state index in [1.807, 2.05) is 6.07 Å². The van der Waals surface area contributed by atoms with E-state index >= 15 is 0 Å². The fourth-order valence-corrected chi connectivity index (χ4v) is 5.86. The Bertz CT molecular complexity index is 1510. The normalized spacial score (nSPS) is 33.4. The van der Waals surface area contributed by atoms with Crippen LogP contribution < -0.4 is 11.4 Å². The summed E-state index contributed by atoms with van der Waals surface area (Å²) in [5.74, 6) is -0.355. The van der Waals surface area contributed by atoms with Crippen molar-refractivity contribution in [1.82, 2.24) is 28.9 Å². The van der Waals surface area contributed by atoms with Crippen LogP contribution in [0, 0.1) is 5.92 Å². The van der Waals surface area contributed by atoms with Gasteiger partial charge in [-0.15, -0.1) is 5.10 Å². The molecule has 14 nitrogen and oxygen atoms in total. The largest absolute Gasteiger partial charge is 0.388 e. The third kappa shape index (κ3) is 3.51. The van der Waals surface area contributed by atoms with Gasteiger partial charge in [0.2, 0.25) is 0 Å². The molecule has 2 N–H and O–H groups in total. The number of aliphatic hydroxyl groups is 2. The van der Waals surface area contributed by atoms with Crippen molar-refractivity contribution < 1.29 is 24.5 Å². The Morgan fingerprint density at radius 3 is 2.74 bits per heavy atom. The topological polar surface area (TPSA) is 163 Å². The number of oxime groups is 1. The summed E-state index contributed by atoms with van der Waals surface area (Å²) in [7, 11) is 0. The second kappa shape index (κ2) is 8.73. The summed E-state index contributed by atoms with van der Waals surface area (Å²) in [6.45, 7) is 2.67. The summed E-state index contributed by atoms with van der Waals surface area (Å²) in [4.78, 5) is 32.5. The van der Waals surface area contributed by atoms with Gasteiger partial charge in [-0.05, 0) is 25.5 Å². The van der Waals surface area contributed by atoms with E-state index in [-0.39, 0.29) is 25.1 Å². The molecule has 3 aromatic rings. The lowest BCUT2D eigenvalue weighted by Crippen LogP contribution is -2.53. The van der Waals surface area contributed by atoms with Crippen molar-refractivity contribution in [3.8, 4) is 5.69 Å². The number of nitrogens with zero attached hydrogens (tertiary/aromatic N) is 7. The number of aliphatic hydroxyl groups excluding tert-OH is 2. The van der Waals surface area contributed by atoms with Crippen LogP contribution in [0.15, 0.2) is 51.3 Å². The molecule has 4 aliphatic rings. The van der Waals surface area contributed by atoms with Gasteiger partial charge in [0.25, 0.3) is 0 Å². The molecular weight excluding hydrogens is 498 g/mol. The van der Waals surface area contributed by atoms with Crippen molar-refractivity contribution in [2.75, 3.05) is 13.2 Å². The molecule has 7 rings (SSSR count). The Kier molecular flexibility index (Phi) is 5.40. The van der Waals surface area contributed by atoms with Gasteiger partial charge in [0, 0.05) is 12.5 Å². The minimum Gasteiger partial charge on any atom is -0.388 e. The van der Waals surface area contributed by atoms with Gasteiger partial charge in [-0.2, -0.15) is 0 Å². The zero-order valence-electron chi connectivity index (χ0n) is 20.5. The summed E-state index contributed by atoms with van der Waals surface area (Å²) in [5, 5.41) is 33.8. The first-order chi connectivity index (χ1) is 18.4. The molecule has 0 bridgehead atoms. The van der Waals surface area contributed by atoms with Crippen molar-refractivity contribution in [1.29, 1.82) is 0 Å². The van der Waals surface area contributed by atoms with E-state index in [2.05, 4.69) is 15.5 Å². The standard InChI is InChI=1S/C24H27N7O7/c1-12(15-9-28(27-25-15)16-10-36-11-17(16)32)38-26-18-14-7-8-29-23(34)30(13-5-3-2-4-6-13)24(35)31(29)19(14)20(33)22-21(18)37-22/h2-6,9,12,14,16-17,19-22,32-33H,7-8,10-11H2,1H3/b26-18-/t12-,14-,16-,17-,19-,20+,21-,22+/m1/s1. The number of rotatable bonds is 5. The van der Waals surface area contributed by atoms with Gasteiger partial charge in [-0.1, -0.05) is 28.6 Å². The Hall–Kier alpha value is -3.59. The Balaban J connectivity index is 1.18. The van der Waals surface area contributed by atoms with Crippen LogP contribution in [-0.2, 0) is 20.9 Å². The summed E-state index contributed by atoms with van der Waals surface area (Å²) < 4.78 is 16.5. The molecule has 1 saturated carbocycles. The number of para-hydroxylation sites is 1. The molecule has 14 heteroatoms. The molecule has 3 fully saturated rings. The van der Waals surface area contributed by atoms with Crippen LogP contribution in [0.25, 0.3) is 5.69 Å². The van der Waals surface area contributed by atoms with Crippen LogP contribution in [-0.4, -0.2) is 82.5 Å². The number of hydrogen-bond acceptors (Lipinski definition) is 10. The van der Waals surface area contributed by atoms with E-state index in [1.165, 1.54) is 9.36 Å². The molecule has 1 aliphatic carbocycles. The minimum absolute atomic E-state index is 0.252. The number of hydrogen-bond donors (Lipinski definition) is 2. The Morgan fingerprint density at radius 2 is 1.97 bits per heavy atom. The van der Waals surface area contributed by atoms with E-state index in [9.17, 15) is 19.8 Å². The summed E-state index contributed by atoms with van der Waals surface area (Å²) in [6.07, 6.45) is -0.948. The van der Waals surface area contributed by atoms with E-state index in [4.69, 9.17) is 14.3 Å². The maximum atomic E-state index is 13.5. The van der Waals surface area contributed by atoms with Crippen LogP contribution in [0.2, 0.25) is 0 Å². The van der Waals surface area contributed by atoms with Crippen molar-refractivity contribution in [2.24, 2.45) is 11.1 Å². The summed E-state index contributed by atoms with van der Waals surface area (Å²) in [5.41, 5.74) is 0.632. The van der Waals surface area contributed by atoms with E-state index in [1.54, 1.807) is 42.1 Å². The van der Waals surface area contributed by atoms with Crippen molar-refractivity contribution in [2.45, 2.75) is 62.5 Å². The molecule has 0 radical (unpaired) electrons. The van der Waals surface area contributed by atoms with Gasteiger partial charge in [0.15, 0.2) is 6.10 Å². The Morgan fingerprint density at radius 1 is 1.16 bits per heavy atom. The molecule has 200 valence electrons. The van der Waals surface area contributed by atoms with E-state index in [0.29, 0.717) is 30.1 Å². The average Bonchev–Trinajstić information content (AvgIpc) is 3.24. The van der Waals surface area contributed by atoms with Gasteiger partial charge < -0.3 is 24.5 Å². The third-order valence-corrected chi connectivity index (χ3v) is 7.93. The first-order valence-corrected chi connectivity index (χ1v) is 12.7. The van der Waals surface area contributed by atoms with Gasteiger partial charge in [-0.25, -0.2) is 28.2 Å². The fourth-order valence-electron chi connectivity index (χ4n) is 5.86. The SMILES string of the molecule is C[C@@H](O/N=C1/[C@H]2CCn3c(=O)n(-c4ccccc4)c(=O)n3[C@H]2[C@H](O)[C@@H]2O[C@H]12)c1cn([C@@H]2COC[C@H]2O)nn1. The molecule has 0 amide bonds. The van der Waals surface area contributed by atoms with Crippen molar-refractivity contribution in [3.05, 3.63) is 63.2 Å². The molecular formula is C24H27N7O7. The van der Waals surface area contributed by atoms with E-state index in [0.717, 1.165) is 4.57 Å². The molecule has 2 aromatic heterocycles. The zero-order chi connectivity index (χ0) is 26.1. The maximum Gasteiger partial charge on any atom is 0.352 e. The number of epoxide rings is 1. The van der Waals surface area contributed by atoms with Crippen LogP contribution in [0.3, 0.4) is 0 Å². The highest BCUT2D eigenvalue weighted by atomic mass is 16.6. The lowest BCUT2D eigenvalue weighted by atomic mass is 9.78. The fraction of sp³-hybridized carbons (Fsp3) is 0.542. The number of ether oxygens (including phenoxy) is 2. The second-order valence-corrected chi connectivity index (χ2v) is 10.2. The minimum atomic E-state index is -0.975. The quantitative estimate of drug-likeness (QED) is 0.319. The highest BCUT2D eigenvalue weighted by molar-refractivity contribution is 5.94. The monoisotopic (exact) mass is 525 g/mol. The van der Waals surface area contributed by atoms with E-state index < -0.39 is 47.9 Å². The van der Waals surface area contributed by atoms with Gasteiger partial charge in [0.05, 0.1) is 36.9 Å². The molecule has 0 unspecified atom stereocenters. The molecule has 2 saturated heterocycles. The average molecular weight is 526 g/mol. The Labute approximate surface area is 215 Å². The van der Waals surface area contributed by atoms with Gasteiger partial charge in [-0.3, -0.25) is 0 Å². The molecule has 8 atom stereocenters. The lowest BCUT2D eigenvalue weighted by molar-refractivity contribution is 0.0291. The second-order valence-electron chi connectivity index (χ2n) is 10.2. The molecule has 3 aliphatic heterocycles. The highest BCUT2D eigenvalue weighted by Crippen LogP contribution is 2.46. The summed E-state index contributed by atoms with van der Waals surface area (Å²) >= 11 is 0. The maximum absolute atomic E-state index is 13.5. The first-order valence-electron chi connectivity index (χ1n) is 12.7. The van der Waals surface area contributed by atoms with Gasteiger partial charge in [0.1, 0.15) is 36.2 Å². The van der Waals surface area contributed by atoms with Crippen LogP contribution >= 0.6 is 0 Å². The number of aromatic nitrogens is 6. The van der Waals surface area contributed by atoms with Crippen molar-refractivity contribution in [3.63, 3.8) is 0 Å². The van der Waals surface area contributed by atoms with Crippen molar-refractivity contribution >= 4 is 5.71 Å². The first kappa shape index (κ1) is 23.5. The van der Waals surface area contributed by atoms with Crippen LogP contribution in [0.1, 0.15) is 37.2 Å². The molecule has 5 heterocycles. The molecule has 38 heavy (non-hydrogen) atoms. The van der Waals surface area contributed by atoms with Crippen LogP contribution in [0.5, 0.6) is 0 Å². The summed E-state index contributed by atoms with van der Waals surface area (Å²) in [6, 6.07) is 7.69. The van der Waals surface area contributed by atoms with Crippen LogP contribution in [0.4, 0.5) is 0 Å². The smallest absolute Gasteiger partial charge is 0.352 e. The zero-order valence-corrected chi connectivity index (χ0v) is 20.5. The molecule has 1 aromatic carbocycles.